The number of nitrogens with zero attached hydrogens (tertiary/aromatic N) is 1. The van der Waals surface area contributed by atoms with Crippen LogP contribution in [0.15, 0.2) is 24.3 Å². The van der Waals surface area contributed by atoms with Crippen LogP contribution < -0.4 is 15.4 Å². The van der Waals surface area contributed by atoms with Crippen molar-refractivity contribution < 1.29 is 22.7 Å². The number of rotatable bonds is 3. The molecule has 19 heavy (non-hydrogen) atoms. The van der Waals surface area contributed by atoms with E-state index in [1.165, 1.54) is 34.9 Å². The van der Waals surface area contributed by atoms with Gasteiger partial charge < -0.3 is 15.4 Å². The van der Waals surface area contributed by atoms with Gasteiger partial charge in [-0.05, 0) is 12.1 Å². The number of hydrogen-bond acceptors (Lipinski definition) is 4. The largest absolute Gasteiger partial charge is 0.484 e. The van der Waals surface area contributed by atoms with Crippen LogP contribution >= 0.6 is 11.8 Å². The van der Waals surface area contributed by atoms with Crippen LogP contribution in [0.1, 0.15) is 0 Å². The lowest BCUT2D eigenvalue weighted by molar-refractivity contribution is -0.153. The molecule has 1 fully saturated rings. The van der Waals surface area contributed by atoms with Gasteiger partial charge in [0.2, 0.25) is 0 Å². The van der Waals surface area contributed by atoms with E-state index in [4.69, 9.17) is 5.73 Å². The van der Waals surface area contributed by atoms with Crippen LogP contribution in [0.25, 0.3) is 0 Å². The summed E-state index contributed by atoms with van der Waals surface area (Å²) < 4.78 is 40.8. The van der Waals surface area contributed by atoms with Crippen LogP contribution in [0.2, 0.25) is 0 Å². The standard InChI is InChI=1S/C11H11F3N2O2S/c12-11(13,14)5-18-8-3-1-2-7(4-8)16-6-19-9(15)10(16)17/h1-4,9H,5-6,15H2. The Kier molecular flexibility index (Phi) is 3.91. The van der Waals surface area contributed by atoms with Gasteiger partial charge in [-0.15, -0.1) is 11.8 Å². The molecule has 0 aromatic heterocycles. The van der Waals surface area contributed by atoms with E-state index in [1.807, 2.05) is 0 Å². The van der Waals surface area contributed by atoms with Crippen molar-refractivity contribution in [3.8, 4) is 5.75 Å². The number of benzene rings is 1. The molecule has 1 aromatic rings. The Morgan fingerprint density at radius 1 is 1.47 bits per heavy atom. The second-order valence-electron chi connectivity index (χ2n) is 3.88. The number of carbonyl (C=O) groups excluding carboxylic acids is 1. The van der Waals surface area contributed by atoms with Crippen molar-refractivity contribution in [3.05, 3.63) is 24.3 Å². The molecule has 1 unspecified atom stereocenters. The molecule has 104 valence electrons. The van der Waals surface area contributed by atoms with Crippen LogP contribution in [0.3, 0.4) is 0 Å². The molecule has 1 aliphatic rings. The fourth-order valence-corrected chi connectivity index (χ4v) is 2.41. The van der Waals surface area contributed by atoms with E-state index in [0.29, 0.717) is 11.6 Å². The van der Waals surface area contributed by atoms with Gasteiger partial charge in [0.1, 0.15) is 11.1 Å². The van der Waals surface area contributed by atoms with Gasteiger partial charge in [-0.1, -0.05) is 6.07 Å². The van der Waals surface area contributed by atoms with Crippen LogP contribution in [-0.4, -0.2) is 29.9 Å². The van der Waals surface area contributed by atoms with E-state index < -0.39 is 18.2 Å². The van der Waals surface area contributed by atoms with E-state index >= 15 is 0 Å². The summed E-state index contributed by atoms with van der Waals surface area (Å²) in [6.45, 7) is -1.36. The lowest BCUT2D eigenvalue weighted by Gasteiger charge is -2.16. The van der Waals surface area contributed by atoms with Gasteiger partial charge in [0.15, 0.2) is 6.61 Å². The Hall–Kier alpha value is -1.41. The van der Waals surface area contributed by atoms with E-state index in [9.17, 15) is 18.0 Å². The van der Waals surface area contributed by atoms with Crippen LogP contribution in [0, 0.1) is 0 Å². The number of halogens is 3. The van der Waals surface area contributed by atoms with Crippen LogP contribution in [-0.2, 0) is 4.79 Å². The normalized spacial score (nSPS) is 19.9. The van der Waals surface area contributed by atoms with E-state index in [1.54, 1.807) is 6.07 Å². The van der Waals surface area contributed by atoms with Crippen LogP contribution in [0.5, 0.6) is 5.75 Å². The Morgan fingerprint density at radius 2 is 2.21 bits per heavy atom. The minimum absolute atomic E-state index is 0.0631. The summed E-state index contributed by atoms with van der Waals surface area (Å²) >= 11 is 1.27. The first-order valence-corrected chi connectivity index (χ1v) is 6.40. The van der Waals surface area contributed by atoms with Gasteiger partial charge in [0.05, 0.1) is 5.88 Å². The molecule has 8 heteroatoms. The fourth-order valence-electron chi connectivity index (χ4n) is 1.55. The number of amides is 1. The third-order valence-electron chi connectivity index (χ3n) is 2.42. The zero-order valence-corrected chi connectivity index (χ0v) is 10.5. The van der Waals surface area contributed by atoms with Gasteiger partial charge in [-0.3, -0.25) is 4.79 Å². The van der Waals surface area contributed by atoms with Crippen molar-refractivity contribution in [2.45, 2.75) is 11.6 Å². The average Bonchev–Trinajstić information content (AvgIpc) is 2.67. The van der Waals surface area contributed by atoms with Gasteiger partial charge in [0.25, 0.3) is 5.91 Å². The number of alkyl halides is 3. The number of ether oxygens (including phenoxy) is 1. The molecule has 1 atom stereocenters. The third kappa shape index (κ3) is 3.54. The zero-order valence-electron chi connectivity index (χ0n) is 9.68. The summed E-state index contributed by atoms with van der Waals surface area (Å²) in [4.78, 5) is 13.1. The monoisotopic (exact) mass is 292 g/mol. The van der Waals surface area contributed by atoms with Gasteiger partial charge >= 0.3 is 6.18 Å². The first kappa shape index (κ1) is 14.0. The summed E-state index contributed by atoms with van der Waals surface area (Å²) in [7, 11) is 0. The van der Waals surface area contributed by atoms with Crippen molar-refractivity contribution in [2.75, 3.05) is 17.4 Å². The van der Waals surface area contributed by atoms with Crippen molar-refractivity contribution in [3.63, 3.8) is 0 Å². The van der Waals surface area contributed by atoms with Gasteiger partial charge in [-0.2, -0.15) is 13.2 Å². The topological polar surface area (TPSA) is 55.6 Å². The highest BCUT2D eigenvalue weighted by Gasteiger charge is 2.31. The second-order valence-corrected chi connectivity index (χ2v) is 4.98. The maximum absolute atomic E-state index is 12.0. The molecule has 0 aliphatic carbocycles. The predicted octanol–water partition coefficient (Wildman–Crippen LogP) is 1.95. The minimum atomic E-state index is -4.39. The molecular formula is C11H11F3N2O2S. The third-order valence-corrected chi connectivity index (χ3v) is 3.39. The molecule has 1 aromatic carbocycles. The highest BCUT2D eigenvalue weighted by Crippen LogP contribution is 2.29. The second kappa shape index (κ2) is 5.30. The maximum Gasteiger partial charge on any atom is 0.422 e. The summed E-state index contributed by atoms with van der Waals surface area (Å²) in [5.41, 5.74) is 6.03. The number of hydrogen-bond donors (Lipinski definition) is 1. The number of thioether (sulfide) groups is 1. The van der Waals surface area contributed by atoms with Crippen molar-refractivity contribution in [1.29, 1.82) is 0 Å². The predicted molar refractivity (Wildman–Crippen MR) is 65.9 cm³/mol. The molecule has 0 saturated carbocycles. The number of nitrogens with two attached hydrogens (primary N) is 1. The highest BCUT2D eigenvalue weighted by atomic mass is 32.2. The minimum Gasteiger partial charge on any atom is -0.484 e. The van der Waals surface area contributed by atoms with E-state index in [-0.39, 0.29) is 11.7 Å². The Labute approximate surface area is 111 Å². The molecule has 2 rings (SSSR count). The lowest BCUT2D eigenvalue weighted by atomic mass is 10.2. The summed E-state index contributed by atoms with van der Waals surface area (Å²) in [6.07, 6.45) is -4.39. The zero-order chi connectivity index (χ0) is 14.0. The molecular weight excluding hydrogens is 281 g/mol. The molecule has 4 nitrogen and oxygen atoms in total. The maximum atomic E-state index is 12.0. The van der Waals surface area contributed by atoms with E-state index in [2.05, 4.69) is 4.74 Å². The van der Waals surface area contributed by atoms with Gasteiger partial charge in [-0.25, -0.2) is 0 Å². The summed E-state index contributed by atoms with van der Waals surface area (Å²) in [5.74, 6) is 0.175. The fraction of sp³-hybridized carbons (Fsp3) is 0.364. The van der Waals surface area contributed by atoms with Crippen LogP contribution in [0.4, 0.5) is 18.9 Å². The van der Waals surface area contributed by atoms with E-state index in [0.717, 1.165) is 0 Å². The molecule has 1 amide bonds. The van der Waals surface area contributed by atoms with Crippen molar-refractivity contribution in [2.24, 2.45) is 5.73 Å². The first-order valence-electron chi connectivity index (χ1n) is 5.35. The molecule has 1 saturated heterocycles. The highest BCUT2D eigenvalue weighted by molar-refractivity contribution is 8.01. The smallest absolute Gasteiger partial charge is 0.422 e. The molecule has 0 bridgehead atoms. The lowest BCUT2D eigenvalue weighted by Crippen LogP contribution is -2.33. The molecule has 1 aliphatic heterocycles. The molecule has 0 radical (unpaired) electrons. The number of carbonyl (C=O) groups is 1. The van der Waals surface area contributed by atoms with Gasteiger partial charge in [0, 0.05) is 11.8 Å². The summed E-state index contributed by atoms with van der Waals surface area (Å²) in [6, 6.07) is 5.95. The molecule has 2 N–H and O–H groups in total. The molecule has 1 heterocycles. The molecule has 0 spiro atoms. The Morgan fingerprint density at radius 3 is 2.79 bits per heavy atom. The SMILES string of the molecule is NC1SCN(c2cccc(OCC(F)(F)F)c2)C1=O. The average molecular weight is 292 g/mol. The Bertz CT molecular complexity index is 481. The Balaban J connectivity index is 2.09. The summed E-state index contributed by atoms with van der Waals surface area (Å²) in [5, 5.41) is -0.625. The first-order chi connectivity index (χ1) is 8.87. The van der Waals surface area contributed by atoms with Crippen molar-refractivity contribution >= 4 is 23.4 Å². The number of anilines is 1. The van der Waals surface area contributed by atoms with Crippen molar-refractivity contribution in [1.82, 2.24) is 0 Å². The quantitative estimate of drug-likeness (QED) is 0.925.